The molecule has 7 heteroatoms. The summed E-state index contributed by atoms with van der Waals surface area (Å²) in [5, 5.41) is 9.99. The average molecular weight is 421 g/mol. The molecular weight excluding hydrogens is 394 g/mol. The molecule has 0 aliphatic carbocycles. The van der Waals surface area contributed by atoms with Crippen LogP contribution < -0.4 is 0 Å². The third-order valence-electron chi connectivity index (χ3n) is 6.36. The van der Waals surface area contributed by atoms with Gasteiger partial charge in [-0.3, -0.25) is 24.3 Å². The first-order valence-corrected chi connectivity index (χ1v) is 10.7. The van der Waals surface area contributed by atoms with Gasteiger partial charge in [-0.2, -0.15) is 0 Å². The van der Waals surface area contributed by atoms with Crippen molar-refractivity contribution in [3.8, 4) is 0 Å². The topological polar surface area (TPSA) is 90.8 Å². The predicted octanol–water partition coefficient (Wildman–Crippen LogP) is 1.96. The van der Waals surface area contributed by atoms with E-state index < -0.39 is 11.5 Å². The molecule has 4 rings (SSSR count). The molecule has 162 valence electrons. The Balaban J connectivity index is 1.68. The molecule has 31 heavy (non-hydrogen) atoms. The smallest absolute Gasteiger partial charge is 0.241 e. The molecule has 2 fully saturated rings. The number of aliphatic hydroxyl groups is 1. The standard InChI is InChI=1S/C24H27N3O4/c1-17-5-2-3-7-20(17)24(13-21(29)26-12-4-6-19(28)16-26)14-22(30)27(23(24)31)15-18-8-10-25-11-9-18/h2-3,5,7-11,19,28H,4,6,12-16H2,1H3/t19-,24-/m0/s1. The van der Waals surface area contributed by atoms with Crippen LogP contribution in [-0.4, -0.2) is 56.8 Å². The number of nitrogens with zero attached hydrogens (tertiary/aromatic N) is 3. The molecule has 0 saturated carbocycles. The van der Waals surface area contributed by atoms with Gasteiger partial charge in [0, 0.05) is 38.3 Å². The van der Waals surface area contributed by atoms with E-state index in [1.165, 1.54) is 4.90 Å². The lowest BCUT2D eigenvalue weighted by molar-refractivity contribution is -0.144. The maximum absolute atomic E-state index is 13.7. The molecule has 3 amide bonds. The fraction of sp³-hybridized carbons (Fsp3) is 0.417. The summed E-state index contributed by atoms with van der Waals surface area (Å²) >= 11 is 0. The van der Waals surface area contributed by atoms with Crippen molar-refractivity contribution in [2.45, 2.75) is 50.7 Å². The average Bonchev–Trinajstić information content (AvgIpc) is 2.99. The van der Waals surface area contributed by atoms with Gasteiger partial charge in [0.1, 0.15) is 0 Å². The van der Waals surface area contributed by atoms with Gasteiger partial charge in [-0.15, -0.1) is 0 Å². The molecule has 7 nitrogen and oxygen atoms in total. The molecule has 1 N–H and O–H groups in total. The van der Waals surface area contributed by atoms with Gasteiger partial charge in [-0.05, 0) is 48.6 Å². The molecular formula is C24H27N3O4. The molecule has 3 heterocycles. The Morgan fingerprint density at radius 1 is 1.19 bits per heavy atom. The maximum Gasteiger partial charge on any atom is 0.241 e. The molecule has 0 spiro atoms. The number of carbonyl (C=O) groups excluding carboxylic acids is 3. The van der Waals surface area contributed by atoms with Gasteiger partial charge in [0.2, 0.25) is 17.7 Å². The van der Waals surface area contributed by atoms with Gasteiger partial charge in [0.05, 0.1) is 18.1 Å². The number of hydrogen-bond acceptors (Lipinski definition) is 5. The first-order valence-electron chi connectivity index (χ1n) is 10.7. The molecule has 2 saturated heterocycles. The molecule has 2 aromatic rings. The van der Waals surface area contributed by atoms with Gasteiger partial charge >= 0.3 is 0 Å². The number of benzene rings is 1. The second-order valence-corrected chi connectivity index (χ2v) is 8.53. The zero-order valence-corrected chi connectivity index (χ0v) is 17.7. The van der Waals surface area contributed by atoms with Crippen LogP contribution in [0.15, 0.2) is 48.8 Å². The highest BCUT2D eigenvalue weighted by Crippen LogP contribution is 2.42. The number of rotatable bonds is 5. The first kappa shape index (κ1) is 21.2. The second kappa shape index (κ2) is 8.59. The van der Waals surface area contributed by atoms with Crippen molar-refractivity contribution in [3.63, 3.8) is 0 Å². The Morgan fingerprint density at radius 2 is 1.94 bits per heavy atom. The number of hydrogen-bond donors (Lipinski definition) is 1. The lowest BCUT2D eigenvalue weighted by Gasteiger charge is -2.34. The Hall–Kier alpha value is -3.06. The van der Waals surface area contributed by atoms with Crippen LogP contribution in [0.3, 0.4) is 0 Å². The van der Waals surface area contributed by atoms with Crippen LogP contribution >= 0.6 is 0 Å². The quantitative estimate of drug-likeness (QED) is 0.746. The number of piperidine rings is 1. The summed E-state index contributed by atoms with van der Waals surface area (Å²) in [6.07, 6.45) is 3.98. The molecule has 2 aliphatic rings. The zero-order valence-electron chi connectivity index (χ0n) is 17.7. The number of aliphatic hydroxyl groups excluding tert-OH is 1. The lowest BCUT2D eigenvalue weighted by Crippen LogP contribution is -2.47. The van der Waals surface area contributed by atoms with Crippen molar-refractivity contribution in [2.75, 3.05) is 13.1 Å². The van der Waals surface area contributed by atoms with E-state index in [2.05, 4.69) is 4.98 Å². The second-order valence-electron chi connectivity index (χ2n) is 8.53. The van der Waals surface area contributed by atoms with E-state index in [1.54, 1.807) is 29.4 Å². The summed E-state index contributed by atoms with van der Waals surface area (Å²) < 4.78 is 0. The van der Waals surface area contributed by atoms with Gasteiger partial charge < -0.3 is 10.0 Å². The molecule has 2 aliphatic heterocycles. The number of aromatic nitrogens is 1. The van der Waals surface area contributed by atoms with E-state index in [-0.39, 0.29) is 43.7 Å². The summed E-state index contributed by atoms with van der Waals surface area (Å²) in [7, 11) is 0. The van der Waals surface area contributed by atoms with E-state index >= 15 is 0 Å². The molecule has 1 aromatic carbocycles. The monoisotopic (exact) mass is 421 g/mol. The van der Waals surface area contributed by atoms with Gasteiger partial charge in [-0.25, -0.2) is 0 Å². The van der Waals surface area contributed by atoms with E-state index in [0.717, 1.165) is 23.1 Å². The number of amides is 3. The number of likely N-dealkylation sites (tertiary alicyclic amines) is 2. The minimum absolute atomic E-state index is 0.0378. The Bertz CT molecular complexity index is 993. The number of pyridine rings is 1. The summed E-state index contributed by atoms with van der Waals surface area (Å²) in [5.74, 6) is -0.819. The largest absolute Gasteiger partial charge is 0.391 e. The molecule has 0 radical (unpaired) electrons. The normalized spacial score (nSPS) is 24.0. The fourth-order valence-electron chi connectivity index (χ4n) is 4.74. The third kappa shape index (κ3) is 4.10. The van der Waals surface area contributed by atoms with Crippen molar-refractivity contribution in [3.05, 3.63) is 65.5 Å². The van der Waals surface area contributed by atoms with Gasteiger partial charge in [0.25, 0.3) is 0 Å². The molecule has 1 aromatic heterocycles. The summed E-state index contributed by atoms with van der Waals surface area (Å²) in [4.78, 5) is 46.9. The minimum atomic E-state index is -1.23. The van der Waals surface area contributed by atoms with Crippen molar-refractivity contribution in [1.82, 2.24) is 14.8 Å². The molecule has 2 atom stereocenters. The van der Waals surface area contributed by atoms with E-state index in [9.17, 15) is 19.5 Å². The van der Waals surface area contributed by atoms with E-state index in [0.29, 0.717) is 13.0 Å². The van der Waals surface area contributed by atoms with E-state index in [4.69, 9.17) is 0 Å². The Labute approximate surface area is 181 Å². The fourth-order valence-corrected chi connectivity index (χ4v) is 4.74. The van der Waals surface area contributed by atoms with Crippen LogP contribution in [0.1, 0.15) is 42.4 Å². The highest BCUT2D eigenvalue weighted by Gasteiger charge is 2.54. The summed E-state index contributed by atoms with van der Waals surface area (Å²) in [6, 6.07) is 11.0. The van der Waals surface area contributed by atoms with Crippen LogP contribution in [0.5, 0.6) is 0 Å². The Kier molecular flexibility index (Phi) is 5.87. The lowest BCUT2D eigenvalue weighted by atomic mass is 9.73. The first-order chi connectivity index (χ1) is 14.9. The van der Waals surface area contributed by atoms with Gasteiger partial charge in [0.15, 0.2) is 0 Å². The number of aryl methyl sites for hydroxylation is 1. The van der Waals surface area contributed by atoms with Gasteiger partial charge in [-0.1, -0.05) is 24.3 Å². The van der Waals surface area contributed by atoms with Crippen LogP contribution in [0.2, 0.25) is 0 Å². The minimum Gasteiger partial charge on any atom is -0.391 e. The maximum atomic E-state index is 13.7. The Morgan fingerprint density at radius 3 is 2.65 bits per heavy atom. The van der Waals surface area contributed by atoms with Crippen LogP contribution in [0.25, 0.3) is 0 Å². The highest BCUT2D eigenvalue weighted by molar-refractivity contribution is 6.10. The number of carbonyl (C=O) groups is 3. The molecule has 0 unspecified atom stereocenters. The van der Waals surface area contributed by atoms with Crippen LogP contribution in [0, 0.1) is 6.92 Å². The third-order valence-corrected chi connectivity index (χ3v) is 6.36. The molecule has 0 bridgehead atoms. The van der Waals surface area contributed by atoms with Crippen molar-refractivity contribution >= 4 is 17.7 Å². The summed E-state index contributed by atoms with van der Waals surface area (Å²) in [5.41, 5.74) is 1.18. The number of imide groups is 1. The SMILES string of the molecule is Cc1ccccc1[C@]1(CC(=O)N2CCC[C@H](O)C2)CC(=O)N(Cc2ccncc2)C1=O. The van der Waals surface area contributed by atoms with Crippen LogP contribution in [0.4, 0.5) is 0 Å². The highest BCUT2D eigenvalue weighted by atomic mass is 16.3. The zero-order chi connectivity index (χ0) is 22.0. The van der Waals surface area contributed by atoms with Crippen molar-refractivity contribution in [2.24, 2.45) is 0 Å². The van der Waals surface area contributed by atoms with Crippen LogP contribution in [-0.2, 0) is 26.3 Å². The summed E-state index contributed by atoms with van der Waals surface area (Å²) in [6.45, 7) is 2.88. The van der Waals surface area contributed by atoms with Crippen molar-refractivity contribution in [1.29, 1.82) is 0 Å². The van der Waals surface area contributed by atoms with E-state index in [1.807, 2.05) is 31.2 Å². The predicted molar refractivity (Wildman–Crippen MR) is 114 cm³/mol. The number of β-amino-alcohol motifs (C(OH)–C–C–N with tert-alkyl or cyclic N) is 1. The van der Waals surface area contributed by atoms with Crippen molar-refractivity contribution < 1.29 is 19.5 Å².